The second kappa shape index (κ2) is 5.49. The molecule has 0 fully saturated rings. The van der Waals surface area contributed by atoms with E-state index in [0.717, 1.165) is 8.95 Å². The number of hydrogen-bond acceptors (Lipinski definition) is 3. The molecule has 2 aromatic rings. The van der Waals surface area contributed by atoms with Gasteiger partial charge in [-0.15, -0.1) is 0 Å². The van der Waals surface area contributed by atoms with Crippen molar-refractivity contribution in [1.82, 2.24) is 4.98 Å². The number of benzene rings is 1. The Morgan fingerprint density at radius 2 is 2.00 bits per heavy atom. The number of halogens is 2. The molecule has 0 aliphatic heterocycles. The van der Waals surface area contributed by atoms with Gasteiger partial charge in [-0.3, -0.25) is 4.79 Å². The van der Waals surface area contributed by atoms with Crippen molar-refractivity contribution in [2.75, 3.05) is 11.1 Å². The average Bonchev–Trinajstić information content (AvgIpc) is 2.35. The Labute approximate surface area is 121 Å². The minimum absolute atomic E-state index is 0.246. The number of nitrogen functional groups attached to an aromatic ring is 1. The fourth-order valence-electron chi connectivity index (χ4n) is 1.32. The van der Waals surface area contributed by atoms with Crippen molar-refractivity contribution >= 4 is 49.3 Å². The van der Waals surface area contributed by atoms with Crippen molar-refractivity contribution in [3.8, 4) is 0 Å². The van der Waals surface area contributed by atoms with Gasteiger partial charge >= 0.3 is 0 Å². The van der Waals surface area contributed by atoms with Gasteiger partial charge in [-0.05, 0) is 62.2 Å². The summed E-state index contributed by atoms with van der Waals surface area (Å²) in [5, 5.41) is 2.69. The quantitative estimate of drug-likeness (QED) is 0.795. The summed E-state index contributed by atoms with van der Waals surface area (Å²) in [5.41, 5.74) is 6.73. The summed E-state index contributed by atoms with van der Waals surface area (Å²) < 4.78 is 1.62. The van der Waals surface area contributed by atoms with Crippen molar-refractivity contribution in [2.24, 2.45) is 0 Å². The molecular formula is C12H9Br2N3O. The zero-order chi connectivity index (χ0) is 13.1. The van der Waals surface area contributed by atoms with Gasteiger partial charge in [-0.25, -0.2) is 4.98 Å². The number of nitrogens with one attached hydrogen (secondary N) is 1. The highest BCUT2D eigenvalue weighted by molar-refractivity contribution is 9.10. The summed E-state index contributed by atoms with van der Waals surface area (Å²) in [6.07, 6.45) is 1.62. The van der Waals surface area contributed by atoms with E-state index in [-0.39, 0.29) is 5.91 Å². The van der Waals surface area contributed by atoms with Crippen LogP contribution < -0.4 is 11.1 Å². The number of carbonyl (C=O) groups is 1. The molecule has 0 aliphatic carbocycles. The second-order valence-corrected chi connectivity index (χ2v) is 5.32. The fraction of sp³-hybridized carbons (Fsp3) is 0. The summed E-state index contributed by atoms with van der Waals surface area (Å²) in [4.78, 5) is 16.0. The minimum Gasteiger partial charge on any atom is -0.398 e. The molecule has 0 atom stereocenters. The van der Waals surface area contributed by atoms with E-state index in [1.807, 2.05) is 0 Å². The number of rotatable bonds is 2. The third-order valence-electron chi connectivity index (χ3n) is 2.23. The van der Waals surface area contributed by atoms with Gasteiger partial charge in [0, 0.05) is 26.4 Å². The molecule has 0 bridgehead atoms. The molecule has 0 radical (unpaired) electrons. The van der Waals surface area contributed by atoms with Crippen LogP contribution in [0, 0.1) is 0 Å². The van der Waals surface area contributed by atoms with Crippen molar-refractivity contribution in [3.05, 3.63) is 51.0 Å². The molecule has 4 nitrogen and oxygen atoms in total. The number of carbonyl (C=O) groups excluding carboxylic acids is 1. The largest absolute Gasteiger partial charge is 0.398 e. The Bertz CT molecular complexity index is 584. The third-order valence-corrected chi connectivity index (χ3v) is 3.42. The predicted octanol–water partition coefficient (Wildman–Crippen LogP) is 3.44. The maximum atomic E-state index is 11.9. The number of aromatic nitrogens is 1. The first-order valence-corrected chi connectivity index (χ1v) is 6.63. The number of anilines is 2. The summed E-state index contributed by atoms with van der Waals surface area (Å²) in [5.74, 6) is 0.244. The third kappa shape index (κ3) is 3.08. The Hall–Kier alpha value is -1.40. The van der Waals surface area contributed by atoms with E-state index >= 15 is 0 Å². The van der Waals surface area contributed by atoms with E-state index in [1.54, 1.807) is 36.5 Å². The van der Waals surface area contributed by atoms with Crippen LogP contribution in [0.5, 0.6) is 0 Å². The molecule has 0 aliphatic rings. The topological polar surface area (TPSA) is 68.0 Å². The molecule has 0 unspecified atom stereocenters. The smallest absolute Gasteiger partial charge is 0.256 e. The first-order chi connectivity index (χ1) is 8.56. The first-order valence-electron chi connectivity index (χ1n) is 5.04. The van der Waals surface area contributed by atoms with Gasteiger partial charge in [0.2, 0.25) is 0 Å². The molecular weight excluding hydrogens is 362 g/mol. The highest BCUT2D eigenvalue weighted by atomic mass is 79.9. The van der Waals surface area contributed by atoms with Gasteiger partial charge in [0.05, 0.1) is 0 Å². The fourth-order valence-corrected chi connectivity index (χ4v) is 1.80. The van der Waals surface area contributed by atoms with Crippen LogP contribution in [-0.2, 0) is 0 Å². The molecule has 3 N–H and O–H groups in total. The standard InChI is InChI=1S/C12H9Br2N3O/c13-8-2-4-11(16-6-8)17-12(18)7-1-3-9(14)10(15)5-7/h1-6H,15H2,(H,16,17,18). The van der Waals surface area contributed by atoms with E-state index in [9.17, 15) is 4.79 Å². The van der Waals surface area contributed by atoms with Crippen molar-refractivity contribution in [3.63, 3.8) is 0 Å². The Morgan fingerprint density at radius 3 is 2.61 bits per heavy atom. The highest BCUT2D eigenvalue weighted by Gasteiger charge is 2.08. The Kier molecular flexibility index (Phi) is 3.98. The molecule has 0 saturated heterocycles. The molecule has 2 rings (SSSR count). The van der Waals surface area contributed by atoms with Crippen LogP contribution >= 0.6 is 31.9 Å². The summed E-state index contributed by atoms with van der Waals surface area (Å²) >= 11 is 6.56. The van der Waals surface area contributed by atoms with Crippen LogP contribution in [0.2, 0.25) is 0 Å². The summed E-state index contributed by atoms with van der Waals surface area (Å²) in [7, 11) is 0. The zero-order valence-corrected chi connectivity index (χ0v) is 12.3. The van der Waals surface area contributed by atoms with Crippen LogP contribution in [-0.4, -0.2) is 10.9 Å². The van der Waals surface area contributed by atoms with E-state index in [1.165, 1.54) is 0 Å². The van der Waals surface area contributed by atoms with Gasteiger partial charge < -0.3 is 11.1 Å². The van der Waals surface area contributed by atoms with E-state index in [2.05, 4.69) is 42.2 Å². The van der Waals surface area contributed by atoms with E-state index in [0.29, 0.717) is 17.1 Å². The van der Waals surface area contributed by atoms with Crippen LogP contribution in [0.1, 0.15) is 10.4 Å². The lowest BCUT2D eigenvalue weighted by molar-refractivity contribution is 0.102. The highest BCUT2D eigenvalue weighted by Crippen LogP contribution is 2.20. The number of amides is 1. The Morgan fingerprint density at radius 1 is 1.22 bits per heavy atom. The lowest BCUT2D eigenvalue weighted by atomic mass is 10.2. The number of nitrogens with zero attached hydrogens (tertiary/aromatic N) is 1. The van der Waals surface area contributed by atoms with Crippen LogP contribution in [0.3, 0.4) is 0 Å². The zero-order valence-electron chi connectivity index (χ0n) is 9.15. The average molecular weight is 371 g/mol. The van der Waals surface area contributed by atoms with Crippen LogP contribution in [0.4, 0.5) is 11.5 Å². The predicted molar refractivity (Wildman–Crippen MR) is 78.4 cm³/mol. The number of nitrogens with two attached hydrogens (primary N) is 1. The van der Waals surface area contributed by atoms with Gasteiger partial charge in [0.25, 0.3) is 5.91 Å². The SMILES string of the molecule is Nc1cc(C(=O)Nc2ccc(Br)cn2)ccc1Br. The Balaban J connectivity index is 2.16. The van der Waals surface area contributed by atoms with Crippen LogP contribution in [0.25, 0.3) is 0 Å². The number of pyridine rings is 1. The molecule has 18 heavy (non-hydrogen) atoms. The van der Waals surface area contributed by atoms with Crippen molar-refractivity contribution in [1.29, 1.82) is 0 Å². The minimum atomic E-state index is -0.246. The summed E-state index contributed by atoms with van der Waals surface area (Å²) in [6.45, 7) is 0. The molecule has 0 spiro atoms. The maximum Gasteiger partial charge on any atom is 0.256 e. The van der Waals surface area contributed by atoms with Crippen LogP contribution in [0.15, 0.2) is 45.5 Å². The van der Waals surface area contributed by atoms with E-state index in [4.69, 9.17) is 5.73 Å². The molecule has 0 saturated carbocycles. The van der Waals surface area contributed by atoms with Gasteiger partial charge in [0.1, 0.15) is 5.82 Å². The van der Waals surface area contributed by atoms with Gasteiger partial charge in [0.15, 0.2) is 0 Å². The molecule has 92 valence electrons. The molecule has 6 heteroatoms. The maximum absolute atomic E-state index is 11.9. The molecule has 1 aromatic heterocycles. The number of hydrogen-bond donors (Lipinski definition) is 2. The second-order valence-electron chi connectivity index (χ2n) is 3.55. The van der Waals surface area contributed by atoms with E-state index < -0.39 is 0 Å². The normalized spacial score (nSPS) is 10.1. The first kappa shape index (κ1) is 13.0. The molecule has 1 heterocycles. The lowest BCUT2D eigenvalue weighted by Gasteiger charge is -2.06. The molecule has 1 aromatic carbocycles. The van der Waals surface area contributed by atoms with Crippen molar-refractivity contribution in [2.45, 2.75) is 0 Å². The summed E-state index contributed by atoms with van der Waals surface area (Å²) in [6, 6.07) is 8.55. The monoisotopic (exact) mass is 369 g/mol. The van der Waals surface area contributed by atoms with Crippen molar-refractivity contribution < 1.29 is 4.79 Å². The van der Waals surface area contributed by atoms with Gasteiger partial charge in [-0.2, -0.15) is 0 Å². The lowest BCUT2D eigenvalue weighted by Crippen LogP contribution is -2.13. The van der Waals surface area contributed by atoms with Gasteiger partial charge in [-0.1, -0.05) is 0 Å². The molecule has 1 amide bonds.